The summed E-state index contributed by atoms with van der Waals surface area (Å²) in [5.74, 6) is 0.872. The Morgan fingerprint density at radius 1 is 1.23 bits per heavy atom. The van der Waals surface area contributed by atoms with Crippen molar-refractivity contribution in [3.63, 3.8) is 0 Å². The molecule has 0 amide bonds. The highest BCUT2D eigenvalue weighted by Gasteiger charge is 2.08. The smallest absolute Gasteiger partial charge is 0.139 e. The number of nitrogens with zero attached hydrogens (tertiary/aromatic N) is 2. The van der Waals surface area contributed by atoms with Crippen LogP contribution in [0.1, 0.15) is 37.4 Å². The zero-order valence-corrected chi connectivity index (χ0v) is 13.9. The van der Waals surface area contributed by atoms with Crippen LogP contribution in [0.4, 0.5) is 0 Å². The maximum atomic E-state index is 5.73. The Bertz CT molecular complexity index is 561. The topological polar surface area (TPSA) is 53.1 Å². The third-order valence-electron chi connectivity index (χ3n) is 3.02. The predicted octanol–water partition coefficient (Wildman–Crippen LogP) is 3.75. The predicted molar refractivity (Wildman–Crippen MR) is 92.2 cm³/mol. The molecule has 2 rings (SSSR count). The fraction of sp³-hybridized carbons (Fsp3) is 0.389. The van der Waals surface area contributed by atoms with Crippen LogP contribution >= 0.6 is 0 Å². The quantitative estimate of drug-likeness (QED) is 0.847. The van der Waals surface area contributed by atoms with Gasteiger partial charge in [0.25, 0.3) is 0 Å². The molecule has 1 aromatic carbocycles. The van der Waals surface area contributed by atoms with Crippen LogP contribution in [-0.2, 0) is 18.0 Å². The van der Waals surface area contributed by atoms with Crippen LogP contribution in [0.15, 0.2) is 43.1 Å². The van der Waals surface area contributed by atoms with E-state index in [0.717, 1.165) is 29.2 Å². The lowest BCUT2D eigenvalue weighted by molar-refractivity contribution is 0.101. The number of hydrogen-bond donors (Lipinski definition) is 1. The van der Waals surface area contributed by atoms with Crippen LogP contribution in [0.2, 0.25) is 0 Å². The van der Waals surface area contributed by atoms with Gasteiger partial charge in [-0.15, -0.1) is 0 Å². The van der Waals surface area contributed by atoms with Crippen molar-refractivity contribution >= 4 is 5.70 Å². The molecule has 0 aliphatic rings. The minimum absolute atomic E-state index is 0.465. The molecule has 2 aromatic rings. The number of benzene rings is 1. The summed E-state index contributed by atoms with van der Waals surface area (Å²) in [6.45, 7) is 11.6. The first-order chi connectivity index (χ1) is 10.7. The summed E-state index contributed by atoms with van der Waals surface area (Å²) in [4.78, 5) is 4.48. The van der Waals surface area contributed by atoms with E-state index in [1.165, 1.54) is 0 Å². The lowest BCUT2D eigenvalue weighted by atomic mass is 10.2. The molecule has 0 atom stereocenters. The van der Waals surface area contributed by atoms with E-state index < -0.39 is 0 Å². The molecule has 0 aliphatic carbocycles. The second kappa shape index (κ2) is 9.92. The molecule has 4 heteroatoms. The molecule has 120 valence electrons. The van der Waals surface area contributed by atoms with E-state index in [-0.39, 0.29) is 0 Å². The highest BCUT2D eigenvalue weighted by Crippen LogP contribution is 2.13. The normalized spacial score (nSPS) is 10.0. The first kappa shape index (κ1) is 18.1. The third kappa shape index (κ3) is 5.47. The number of rotatable bonds is 7. The van der Waals surface area contributed by atoms with Crippen LogP contribution in [0, 0.1) is 6.92 Å². The Kier molecular flexibility index (Phi) is 8.18. The molecule has 1 aromatic heterocycles. The van der Waals surface area contributed by atoms with Gasteiger partial charge in [0, 0.05) is 11.9 Å². The minimum atomic E-state index is 0.465. The van der Waals surface area contributed by atoms with Crippen LogP contribution in [-0.4, -0.2) is 16.1 Å². The van der Waals surface area contributed by atoms with Gasteiger partial charge in [0.15, 0.2) is 0 Å². The van der Waals surface area contributed by atoms with E-state index in [4.69, 9.17) is 10.5 Å². The van der Waals surface area contributed by atoms with Gasteiger partial charge in [0.2, 0.25) is 0 Å². The molecule has 0 unspecified atom stereocenters. The van der Waals surface area contributed by atoms with E-state index in [1.54, 1.807) is 0 Å². The average Bonchev–Trinajstić information content (AvgIpc) is 2.92. The molecular formula is C18H27N3O. The monoisotopic (exact) mass is 301 g/mol. The summed E-state index contributed by atoms with van der Waals surface area (Å²) in [7, 11) is 0. The highest BCUT2D eigenvalue weighted by atomic mass is 16.5. The molecule has 4 nitrogen and oxygen atoms in total. The summed E-state index contributed by atoms with van der Waals surface area (Å²) in [5.41, 5.74) is 8.64. The van der Waals surface area contributed by atoms with Crippen molar-refractivity contribution in [1.82, 2.24) is 9.55 Å². The van der Waals surface area contributed by atoms with E-state index in [0.29, 0.717) is 19.8 Å². The molecule has 0 aliphatic heterocycles. The van der Waals surface area contributed by atoms with Gasteiger partial charge in [-0.1, -0.05) is 50.8 Å². The largest absolute Gasteiger partial charge is 0.369 e. The maximum Gasteiger partial charge on any atom is 0.139 e. The minimum Gasteiger partial charge on any atom is -0.369 e. The number of ether oxygens (including phenoxy) is 1. The van der Waals surface area contributed by atoms with Gasteiger partial charge in [-0.3, -0.25) is 0 Å². The van der Waals surface area contributed by atoms with Crippen LogP contribution < -0.4 is 5.73 Å². The molecule has 0 saturated heterocycles. The molecule has 0 saturated carbocycles. The van der Waals surface area contributed by atoms with Crippen molar-refractivity contribution in [3.8, 4) is 0 Å². The van der Waals surface area contributed by atoms with E-state index in [1.807, 2.05) is 61.9 Å². The Labute approximate surface area is 133 Å². The maximum absolute atomic E-state index is 5.73. The molecule has 2 N–H and O–H groups in total. The van der Waals surface area contributed by atoms with Crippen LogP contribution in [0.3, 0.4) is 0 Å². The Balaban J connectivity index is 0.00000116. The van der Waals surface area contributed by atoms with Gasteiger partial charge in [-0.25, -0.2) is 4.98 Å². The van der Waals surface area contributed by atoms with Gasteiger partial charge >= 0.3 is 0 Å². The molecule has 0 bridgehead atoms. The van der Waals surface area contributed by atoms with Crippen molar-refractivity contribution < 1.29 is 4.74 Å². The number of hydrogen-bond acceptors (Lipinski definition) is 3. The standard InChI is InChI=1S/C16H21N3O.C2H6/c1-13-10-19(14(2)8-9-17)16(18-13)12-20-11-15-6-4-3-5-7-15;1-2/h3-7,10H,2,8-9,11-12,17H2,1H3;1-2H3. The third-order valence-corrected chi connectivity index (χ3v) is 3.02. The fourth-order valence-corrected chi connectivity index (χ4v) is 2.04. The van der Waals surface area contributed by atoms with Crippen LogP contribution in [0.5, 0.6) is 0 Å². The molecular weight excluding hydrogens is 274 g/mol. The van der Waals surface area contributed by atoms with Crippen molar-refractivity contribution in [2.75, 3.05) is 6.54 Å². The lowest BCUT2D eigenvalue weighted by Crippen LogP contribution is -2.08. The summed E-state index contributed by atoms with van der Waals surface area (Å²) in [6, 6.07) is 10.1. The van der Waals surface area contributed by atoms with Gasteiger partial charge in [0.1, 0.15) is 12.4 Å². The second-order valence-corrected chi connectivity index (χ2v) is 4.75. The van der Waals surface area contributed by atoms with Crippen molar-refractivity contribution in [2.24, 2.45) is 5.73 Å². The van der Waals surface area contributed by atoms with Gasteiger partial charge in [-0.2, -0.15) is 0 Å². The Hall–Kier alpha value is -1.91. The summed E-state index contributed by atoms with van der Waals surface area (Å²) >= 11 is 0. The zero-order valence-electron chi connectivity index (χ0n) is 13.9. The summed E-state index contributed by atoms with van der Waals surface area (Å²) in [6.07, 6.45) is 2.72. The molecule has 22 heavy (non-hydrogen) atoms. The first-order valence-electron chi connectivity index (χ1n) is 7.75. The van der Waals surface area contributed by atoms with Crippen molar-refractivity contribution in [3.05, 3.63) is 60.2 Å². The first-order valence-corrected chi connectivity index (χ1v) is 7.75. The van der Waals surface area contributed by atoms with Crippen LogP contribution in [0.25, 0.3) is 5.70 Å². The second-order valence-electron chi connectivity index (χ2n) is 4.75. The summed E-state index contributed by atoms with van der Waals surface area (Å²) in [5, 5.41) is 0. The SMILES string of the molecule is C=C(CCN)n1cc(C)nc1COCc1ccccc1.CC. The zero-order chi connectivity index (χ0) is 16.4. The molecule has 0 fully saturated rings. The van der Waals surface area contributed by atoms with E-state index in [2.05, 4.69) is 11.6 Å². The molecule has 0 radical (unpaired) electrons. The average molecular weight is 301 g/mol. The molecule has 0 spiro atoms. The van der Waals surface area contributed by atoms with E-state index in [9.17, 15) is 0 Å². The number of nitrogens with two attached hydrogens (primary N) is 1. The Morgan fingerprint density at radius 2 is 1.91 bits per heavy atom. The number of imidazole rings is 1. The number of aromatic nitrogens is 2. The fourth-order valence-electron chi connectivity index (χ4n) is 2.04. The van der Waals surface area contributed by atoms with Gasteiger partial charge < -0.3 is 15.0 Å². The molecule has 1 heterocycles. The van der Waals surface area contributed by atoms with E-state index >= 15 is 0 Å². The van der Waals surface area contributed by atoms with Crippen molar-refractivity contribution in [1.29, 1.82) is 0 Å². The summed E-state index contributed by atoms with van der Waals surface area (Å²) < 4.78 is 7.71. The van der Waals surface area contributed by atoms with Gasteiger partial charge in [0.05, 0.1) is 12.3 Å². The lowest BCUT2D eigenvalue weighted by Gasteiger charge is -2.10. The Morgan fingerprint density at radius 3 is 2.55 bits per heavy atom. The number of aryl methyl sites for hydroxylation is 1. The van der Waals surface area contributed by atoms with Gasteiger partial charge in [-0.05, 0) is 25.5 Å². The van der Waals surface area contributed by atoms with Crippen molar-refractivity contribution in [2.45, 2.75) is 40.4 Å². The highest BCUT2D eigenvalue weighted by molar-refractivity contribution is 5.43.